The minimum Gasteiger partial charge on any atom is -0.467 e. The van der Waals surface area contributed by atoms with Gasteiger partial charge in [-0.05, 0) is 18.6 Å². The standard InChI is InChI=1S/C17H16NO3/c1-17(16(20)21-2)11-13-9-5-6-10-14(13)18(17)15(19)12-7-3-4-8-12/h3-10H,11H2,1-2H3/t17-/m0/s1. The van der Waals surface area contributed by atoms with Crippen LogP contribution in [0.1, 0.15) is 12.5 Å². The van der Waals surface area contributed by atoms with E-state index in [1.807, 2.05) is 36.8 Å². The molecule has 0 aromatic heterocycles. The van der Waals surface area contributed by atoms with Crippen LogP contribution in [0.15, 0.2) is 48.1 Å². The van der Waals surface area contributed by atoms with Crippen LogP contribution in [0.5, 0.6) is 0 Å². The van der Waals surface area contributed by atoms with Crippen LogP contribution in [0.25, 0.3) is 0 Å². The van der Waals surface area contributed by atoms with E-state index >= 15 is 0 Å². The highest BCUT2D eigenvalue weighted by Crippen LogP contribution is 2.40. The largest absolute Gasteiger partial charge is 0.467 e. The molecule has 1 aromatic rings. The van der Waals surface area contributed by atoms with Gasteiger partial charge in [0.2, 0.25) is 0 Å². The van der Waals surface area contributed by atoms with Crippen LogP contribution in [0.4, 0.5) is 5.69 Å². The van der Waals surface area contributed by atoms with Crippen molar-refractivity contribution >= 4 is 17.6 Å². The van der Waals surface area contributed by atoms with Crippen LogP contribution in [0.3, 0.4) is 0 Å². The van der Waals surface area contributed by atoms with Gasteiger partial charge in [0.05, 0.1) is 7.11 Å². The number of carbonyl (C=O) groups excluding carboxylic acids is 2. The number of ether oxygens (including phenoxy) is 1. The van der Waals surface area contributed by atoms with E-state index < -0.39 is 11.5 Å². The number of nitrogens with zero attached hydrogens (tertiary/aromatic N) is 1. The van der Waals surface area contributed by atoms with Crippen molar-refractivity contribution in [3.63, 3.8) is 0 Å². The predicted molar refractivity (Wildman–Crippen MR) is 79.6 cm³/mol. The summed E-state index contributed by atoms with van der Waals surface area (Å²) in [5.74, 6) is -0.587. The van der Waals surface area contributed by atoms with Crippen molar-refractivity contribution in [3.8, 4) is 0 Å². The van der Waals surface area contributed by atoms with Gasteiger partial charge >= 0.3 is 5.97 Å². The number of fused-ring (bicyclic) bond motifs is 1. The third kappa shape index (κ3) is 1.98. The number of hydrogen-bond donors (Lipinski definition) is 0. The number of methoxy groups -OCH3 is 1. The summed E-state index contributed by atoms with van der Waals surface area (Å²) in [6.07, 6.45) is 7.58. The number of allylic oxidation sites excluding steroid dienone is 2. The minimum atomic E-state index is -1.01. The van der Waals surface area contributed by atoms with Gasteiger partial charge in [0.15, 0.2) is 0 Å². The lowest BCUT2D eigenvalue weighted by atomic mass is 9.96. The normalized spacial score (nSPS) is 23.0. The summed E-state index contributed by atoms with van der Waals surface area (Å²) < 4.78 is 4.93. The molecule has 0 saturated heterocycles. The van der Waals surface area contributed by atoms with E-state index in [-0.39, 0.29) is 5.91 Å². The first-order chi connectivity index (χ1) is 10.1. The van der Waals surface area contributed by atoms with Gasteiger partial charge in [-0.25, -0.2) is 4.79 Å². The molecule has 1 radical (unpaired) electrons. The molecule has 0 N–H and O–H groups in total. The van der Waals surface area contributed by atoms with Crippen LogP contribution >= 0.6 is 0 Å². The van der Waals surface area contributed by atoms with Crippen molar-refractivity contribution < 1.29 is 14.3 Å². The molecule has 107 valence electrons. The summed E-state index contributed by atoms with van der Waals surface area (Å²) in [5.41, 5.74) is 1.32. The molecule has 0 fully saturated rings. The summed E-state index contributed by atoms with van der Waals surface area (Å²) >= 11 is 0. The fourth-order valence-corrected chi connectivity index (χ4v) is 2.96. The Labute approximate surface area is 123 Å². The fourth-order valence-electron chi connectivity index (χ4n) is 2.96. The molecule has 1 atom stereocenters. The molecule has 1 aliphatic heterocycles. The maximum absolute atomic E-state index is 12.8. The molecule has 4 heteroatoms. The zero-order valence-corrected chi connectivity index (χ0v) is 12.0. The van der Waals surface area contributed by atoms with E-state index in [0.29, 0.717) is 12.0 Å². The number of carbonyl (C=O) groups is 2. The molecule has 2 aliphatic rings. The molecular formula is C17H16NO3. The highest BCUT2D eigenvalue weighted by molar-refractivity contribution is 6.14. The van der Waals surface area contributed by atoms with Crippen LogP contribution in [-0.2, 0) is 20.7 Å². The van der Waals surface area contributed by atoms with E-state index in [1.165, 1.54) is 7.11 Å². The van der Waals surface area contributed by atoms with Gasteiger partial charge in [-0.15, -0.1) is 0 Å². The first-order valence-electron chi connectivity index (χ1n) is 6.80. The highest BCUT2D eigenvalue weighted by atomic mass is 16.5. The summed E-state index contributed by atoms with van der Waals surface area (Å²) in [5, 5.41) is 0. The van der Waals surface area contributed by atoms with Gasteiger partial charge in [0.1, 0.15) is 5.54 Å². The zero-order valence-electron chi connectivity index (χ0n) is 12.0. The van der Waals surface area contributed by atoms with Crippen LogP contribution < -0.4 is 4.90 Å². The molecule has 0 spiro atoms. The molecule has 1 aliphatic carbocycles. The van der Waals surface area contributed by atoms with E-state index in [4.69, 9.17) is 4.74 Å². The second-order valence-electron chi connectivity index (χ2n) is 5.39. The molecule has 3 rings (SSSR count). The van der Waals surface area contributed by atoms with Crippen molar-refractivity contribution in [1.82, 2.24) is 0 Å². The van der Waals surface area contributed by atoms with Crippen LogP contribution in [-0.4, -0.2) is 24.5 Å². The summed E-state index contributed by atoms with van der Waals surface area (Å²) in [6, 6.07) is 7.58. The third-order valence-electron chi connectivity index (χ3n) is 4.00. The molecular weight excluding hydrogens is 266 g/mol. The van der Waals surface area contributed by atoms with Gasteiger partial charge in [-0.1, -0.05) is 36.4 Å². The highest BCUT2D eigenvalue weighted by Gasteiger charge is 2.50. The lowest BCUT2D eigenvalue weighted by molar-refractivity contribution is -0.147. The Morgan fingerprint density at radius 1 is 1.29 bits per heavy atom. The molecule has 4 nitrogen and oxygen atoms in total. The Morgan fingerprint density at radius 3 is 2.71 bits per heavy atom. The second kappa shape index (κ2) is 4.88. The lowest BCUT2D eigenvalue weighted by Crippen LogP contribution is -2.54. The van der Waals surface area contributed by atoms with Gasteiger partial charge in [-0.2, -0.15) is 0 Å². The number of benzene rings is 1. The van der Waals surface area contributed by atoms with Gasteiger partial charge in [0.25, 0.3) is 5.91 Å². The number of rotatable bonds is 2. The summed E-state index contributed by atoms with van der Waals surface area (Å²) in [4.78, 5) is 26.7. The maximum atomic E-state index is 12.8. The molecule has 0 saturated carbocycles. The Bertz CT molecular complexity index is 674. The number of esters is 1. The third-order valence-corrected chi connectivity index (χ3v) is 4.00. The monoisotopic (exact) mass is 282 g/mol. The van der Waals surface area contributed by atoms with E-state index in [1.54, 1.807) is 24.0 Å². The number of anilines is 1. The van der Waals surface area contributed by atoms with Crippen LogP contribution in [0.2, 0.25) is 0 Å². The Morgan fingerprint density at radius 2 is 2.05 bits per heavy atom. The van der Waals surface area contributed by atoms with Crippen molar-refractivity contribution in [2.75, 3.05) is 12.0 Å². The van der Waals surface area contributed by atoms with Crippen LogP contribution in [0, 0.1) is 6.42 Å². The van der Waals surface area contributed by atoms with Crippen molar-refractivity contribution in [3.05, 3.63) is 60.1 Å². The number of hydrogen-bond acceptors (Lipinski definition) is 3. The fraction of sp³-hybridized carbons (Fsp3) is 0.235. The van der Waals surface area contributed by atoms with Crippen molar-refractivity contribution in [2.24, 2.45) is 0 Å². The Hall–Kier alpha value is -2.36. The topological polar surface area (TPSA) is 46.6 Å². The maximum Gasteiger partial charge on any atom is 0.332 e. The van der Waals surface area contributed by atoms with E-state index in [2.05, 4.69) is 0 Å². The molecule has 0 unspecified atom stereocenters. The van der Waals surface area contributed by atoms with Gasteiger partial charge < -0.3 is 4.74 Å². The zero-order chi connectivity index (χ0) is 15.0. The lowest BCUT2D eigenvalue weighted by Gasteiger charge is -2.33. The molecule has 1 aromatic carbocycles. The first-order valence-corrected chi connectivity index (χ1v) is 6.80. The van der Waals surface area contributed by atoms with E-state index in [9.17, 15) is 9.59 Å². The molecule has 0 bridgehead atoms. The SMILES string of the molecule is COC(=O)[C@]1(C)Cc2ccccc2N1C(=O)C1=C[CH]C=C1. The molecule has 21 heavy (non-hydrogen) atoms. The number of para-hydroxylation sites is 1. The van der Waals surface area contributed by atoms with Crippen molar-refractivity contribution in [1.29, 1.82) is 0 Å². The minimum absolute atomic E-state index is 0.183. The number of amides is 1. The summed E-state index contributed by atoms with van der Waals surface area (Å²) in [6.45, 7) is 1.75. The quantitative estimate of drug-likeness (QED) is 0.781. The predicted octanol–water partition coefficient (Wildman–Crippen LogP) is 2.21. The van der Waals surface area contributed by atoms with E-state index in [0.717, 1.165) is 11.3 Å². The Balaban J connectivity index is 2.09. The van der Waals surface area contributed by atoms with Gasteiger partial charge in [0, 0.05) is 24.1 Å². The first kappa shape index (κ1) is 13.6. The van der Waals surface area contributed by atoms with Crippen molar-refractivity contribution in [2.45, 2.75) is 18.9 Å². The average Bonchev–Trinajstić information content (AvgIpc) is 3.11. The average molecular weight is 282 g/mol. The molecule has 1 heterocycles. The second-order valence-corrected chi connectivity index (χ2v) is 5.39. The molecule has 1 amide bonds. The smallest absolute Gasteiger partial charge is 0.332 e. The summed E-state index contributed by atoms with van der Waals surface area (Å²) in [7, 11) is 1.35. The Kier molecular flexibility index (Phi) is 3.16. The van der Waals surface area contributed by atoms with Gasteiger partial charge in [-0.3, -0.25) is 9.69 Å².